The lowest BCUT2D eigenvalue weighted by molar-refractivity contribution is 0.0223. The Bertz CT molecular complexity index is 530. The van der Waals surface area contributed by atoms with Crippen LogP contribution in [0, 0.1) is 0 Å². The van der Waals surface area contributed by atoms with Crippen molar-refractivity contribution in [1.82, 2.24) is 20.0 Å². The van der Waals surface area contributed by atoms with E-state index in [0.29, 0.717) is 13.1 Å². The summed E-state index contributed by atoms with van der Waals surface area (Å²) in [4.78, 5) is 14.0. The maximum absolute atomic E-state index is 12.2. The third-order valence-electron chi connectivity index (χ3n) is 3.66. The third-order valence-corrected chi connectivity index (χ3v) is 3.66. The van der Waals surface area contributed by atoms with Crippen LogP contribution in [-0.4, -0.2) is 39.5 Å². The van der Waals surface area contributed by atoms with Crippen molar-refractivity contribution < 1.29 is 9.53 Å². The number of rotatable bonds is 0. The molecule has 0 unspecified atom stereocenters. The Morgan fingerprint density at radius 2 is 2.15 bits per heavy atom. The summed E-state index contributed by atoms with van der Waals surface area (Å²) < 4.78 is 7.54. The molecule has 0 saturated carbocycles. The number of hydrogen-bond donors (Lipinski definition) is 1. The molecule has 0 radical (unpaired) electrons. The van der Waals surface area contributed by atoms with E-state index in [1.807, 2.05) is 20.8 Å². The van der Waals surface area contributed by atoms with Gasteiger partial charge in [-0.3, -0.25) is 4.68 Å². The van der Waals surface area contributed by atoms with Crippen LogP contribution in [0.1, 0.15) is 37.7 Å². The largest absolute Gasteiger partial charge is 0.444 e. The quantitative estimate of drug-likeness (QED) is 0.776. The molecule has 110 valence electrons. The van der Waals surface area contributed by atoms with Gasteiger partial charge in [0.2, 0.25) is 0 Å². The van der Waals surface area contributed by atoms with Crippen molar-refractivity contribution in [2.24, 2.45) is 0 Å². The highest BCUT2D eigenvalue weighted by Gasteiger charge is 2.30. The fraction of sp³-hybridized carbons (Fsp3) is 0.714. The molecule has 1 N–H and O–H groups in total. The van der Waals surface area contributed by atoms with Gasteiger partial charge in [0.05, 0.1) is 24.5 Å². The van der Waals surface area contributed by atoms with Crippen molar-refractivity contribution in [1.29, 1.82) is 0 Å². The molecule has 0 aromatic carbocycles. The monoisotopic (exact) mass is 278 g/mol. The minimum atomic E-state index is -0.447. The zero-order chi connectivity index (χ0) is 14.3. The van der Waals surface area contributed by atoms with E-state index in [2.05, 4.69) is 15.1 Å². The minimum absolute atomic E-state index is 0.230. The summed E-state index contributed by atoms with van der Waals surface area (Å²) >= 11 is 0. The predicted molar refractivity (Wildman–Crippen MR) is 74.3 cm³/mol. The van der Waals surface area contributed by atoms with E-state index in [9.17, 15) is 4.79 Å². The molecule has 3 rings (SSSR count). The number of carbonyl (C=O) groups excluding carboxylic acids is 1. The molecule has 6 nitrogen and oxygen atoms in total. The van der Waals surface area contributed by atoms with Crippen LogP contribution in [0.15, 0.2) is 0 Å². The Balaban J connectivity index is 1.78. The lowest BCUT2D eigenvalue weighted by atomic mass is 10.1. The SMILES string of the molecule is CC(C)(C)OC(=O)N1CCc2nn3c(c2C1)CNCC3. The number of carbonyl (C=O) groups is 1. The Morgan fingerprint density at radius 1 is 1.35 bits per heavy atom. The highest BCUT2D eigenvalue weighted by atomic mass is 16.6. The van der Waals surface area contributed by atoms with Gasteiger partial charge in [0.15, 0.2) is 0 Å². The highest BCUT2D eigenvalue weighted by molar-refractivity contribution is 5.68. The average molecular weight is 278 g/mol. The second kappa shape index (κ2) is 4.77. The van der Waals surface area contributed by atoms with E-state index in [1.165, 1.54) is 11.3 Å². The van der Waals surface area contributed by atoms with Crippen LogP contribution >= 0.6 is 0 Å². The molecule has 0 spiro atoms. The van der Waals surface area contributed by atoms with E-state index < -0.39 is 5.60 Å². The zero-order valence-electron chi connectivity index (χ0n) is 12.4. The second-order valence-corrected chi connectivity index (χ2v) is 6.42. The summed E-state index contributed by atoms with van der Waals surface area (Å²) in [6, 6.07) is 0. The number of hydrogen-bond acceptors (Lipinski definition) is 4. The van der Waals surface area contributed by atoms with Gasteiger partial charge < -0.3 is 15.0 Å². The van der Waals surface area contributed by atoms with Crippen LogP contribution in [0.3, 0.4) is 0 Å². The number of fused-ring (bicyclic) bond motifs is 3. The molecule has 1 aromatic rings. The number of amides is 1. The van der Waals surface area contributed by atoms with Crippen molar-refractivity contribution in [3.05, 3.63) is 17.0 Å². The van der Waals surface area contributed by atoms with Crippen LogP contribution in [0.5, 0.6) is 0 Å². The van der Waals surface area contributed by atoms with Crippen LogP contribution in [0.2, 0.25) is 0 Å². The van der Waals surface area contributed by atoms with Crippen molar-refractivity contribution in [3.8, 4) is 0 Å². The van der Waals surface area contributed by atoms with Gasteiger partial charge in [-0.05, 0) is 20.8 Å². The number of nitrogens with zero attached hydrogens (tertiary/aromatic N) is 3. The number of nitrogens with one attached hydrogen (secondary N) is 1. The highest BCUT2D eigenvalue weighted by Crippen LogP contribution is 2.24. The maximum Gasteiger partial charge on any atom is 0.410 e. The number of aromatic nitrogens is 2. The number of ether oxygens (including phenoxy) is 1. The minimum Gasteiger partial charge on any atom is -0.444 e. The van der Waals surface area contributed by atoms with Gasteiger partial charge in [-0.1, -0.05) is 0 Å². The zero-order valence-corrected chi connectivity index (χ0v) is 12.4. The smallest absolute Gasteiger partial charge is 0.410 e. The Morgan fingerprint density at radius 3 is 2.90 bits per heavy atom. The van der Waals surface area contributed by atoms with Crippen LogP contribution in [-0.2, 0) is 30.8 Å². The molecule has 0 saturated heterocycles. The van der Waals surface area contributed by atoms with Gasteiger partial charge in [0.25, 0.3) is 0 Å². The molecular formula is C14H22N4O2. The van der Waals surface area contributed by atoms with Crippen LogP contribution in [0.4, 0.5) is 4.79 Å². The fourth-order valence-corrected chi connectivity index (χ4v) is 2.74. The van der Waals surface area contributed by atoms with Crippen molar-refractivity contribution >= 4 is 6.09 Å². The molecule has 2 aliphatic rings. The Labute approximate surface area is 119 Å². The topological polar surface area (TPSA) is 59.4 Å². The van der Waals surface area contributed by atoms with Gasteiger partial charge >= 0.3 is 6.09 Å². The molecule has 1 aromatic heterocycles. The summed E-state index contributed by atoms with van der Waals surface area (Å²) in [5, 5.41) is 8.02. The lowest BCUT2D eigenvalue weighted by Crippen LogP contribution is -2.40. The van der Waals surface area contributed by atoms with Gasteiger partial charge in [0, 0.05) is 31.6 Å². The van der Waals surface area contributed by atoms with Crippen LogP contribution < -0.4 is 5.32 Å². The molecular weight excluding hydrogens is 256 g/mol. The van der Waals surface area contributed by atoms with Crippen LogP contribution in [0.25, 0.3) is 0 Å². The van der Waals surface area contributed by atoms with Crippen molar-refractivity contribution in [2.45, 2.75) is 52.4 Å². The Hall–Kier alpha value is -1.56. The summed E-state index contributed by atoms with van der Waals surface area (Å²) in [5.41, 5.74) is 3.12. The van der Waals surface area contributed by atoms with Gasteiger partial charge in [-0.15, -0.1) is 0 Å². The standard InChI is InChI=1S/C14H22N4O2/c1-14(2,3)20-13(19)17-6-4-11-10(9-17)12-8-15-5-7-18(12)16-11/h15H,4-9H2,1-3H3. The van der Waals surface area contributed by atoms with Gasteiger partial charge in [-0.25, -0.2) is 4.79 Å². The molecule has 2 aliphatic heterocycles. The molecule has 0 fully saturated rings. The normalized spacial score (nSPS) is 18.4. The van der Waals surface area contributed by atoms with Gasteiger partial charge in [-0.2, -0.15) is 5.10 Å². The first-order valence-electron chi connectivity index (χ1n) is 7.20. The lowest BCUT2D eigenvalue weighted by Gasteiger charge is -2.30. The van der Waals surface area contributed by atoms with E-state index in [1.54, 1.807) is 4.90 Å². The second-order valence-electron chi connectivity index (χ2n) is 6.42. The van der Waals surface area contributed by atoms with E-state index in [0.717, 1.165) is 31.7 Å². The summed E-state index contributed by atoms with van der Waals surface area (Å²) in [6.07, 6.45) is 0.584. The maximum atomic E-state index is 12.2. The summed E-state index contributed by atoms with van der Waals surface area (Å²) in [6.45, 7) is 9.69. The van der Waals surface area contributed by atoms with Gasteiger partial charge in [0.1, 0.15) is 5.60 Å². The Kier molecular flexibility index (Phi) is 3.20. The first-order valence-corrected chi connectivity index (χ1v) is 7.20. The van der Waals surface area contributed by atoms with E-state index in [4.69, 9.17) is 4.74 Å². The third kappa shape index (κ3) is 2.52. The van der Waals surface area contributed by atoms with E-state index >= 15 is 0 Å². The predicted octanol–water partition coefficient (Wildman–Crippen LogP) is 1.28. The average Bonchev–Trinajstić information content (AvgIpc) is 2.74. The summed E-state index contributed by atoms with van der Waals surface area (Å²) in [7, 11) is 0. The molecule has 1 amide bonds. The molecule has 0 aliphatic carbocycles. The molecule has 6 heteroatoms. The van der Waals surface area contributed by atoms with Crippen molar-refractivity contribution in [2.75, 3.05) is 13.1 Å². The molecule has 20 heavy (non-hydrogen) atoms. The molecule has 0 atom stereocenters. The summed E-state index contributed by atoms with van der Waals surface area (Å²) in [5.74, 6) is 0. The van der Waals surface area contributed by atoms with Crippen molar-refractivity contribution in [3.63, 3.8) is 0 Å². The molecule has 0 bridgehead atoms. The first kappa shape index (κ1) is 13.4. The van der Waals surface area contributed by atoms with E-state index in [-0.39, 0.29) is 6.09 Å². The fourth-order valence-electron chi connectivity index (χ4n) is 2.74. The first-order chi connectivity index (χ1) is 9.44. The molecule has 3 heterocycles.